The van der Waals surface area contributed by atoms with Crippen LogP contribution in [0.15, 0.2) is 30.5 Å². The maximum absolute atomic E-state index is 5.84. The maximum atomic E-state index is 5.84. The highest BCUT2D eigenvalue weighted by atomic mass is 35.5. The van der Waals surface area contributed by atoms with Gasteiger partial charge in [-0.2, -0.15) is 0 Å². The molecule has 0 aliphatic rings. The lowest BCUT2D eigenvalue weighted by atomic mass is 10.1. The van der Waals surface area contributed by atoms with E-state index < -0.39 is 0 Å². The van der Waals surface area contributed by atoms with Crippen LogP contribution in [0, 0.1) is 0 Å². The van der Waals surface area contributed by atoms with Crippen molar-refractivity contribution < 1.29 is 0 Å². The summed E-state index contributed by atoms with van der Waals surface area (Å²) in [5.41, 5.74) is 3.11. The smallest absolute Gasteiger partial charge is 0.0749 e. The van der Waals surface area contributed by atoms with Crippen molar-refractivity contribution in [1.29, 1.82) is 0 Å². The lowest BCUT2D eigenvalue weighted by molar-refractivity contribution is 1.31. The zero-order chi connectivity index (χ0) is 9.97. The van der Waals surface area contributed by atoms with E-state index in [2.05, 4.69) is 4.98 Å². The van der Waals surface area contributed by atoms with E-state index in [1.54, 1.807) is 6.20 Å². The Labute approximate surface area is 92.7 Å². The first-order valence-corrected chi connectivity index (χ1v) is 5.41. The fraction of sp³-hybridized carbons (Fsp3) is 0.182. The van der Waals surface area contributed by atoms with Crippen molar-refractivity contribution in [3.63, 3.8) is 0 Å². The first-order valence-electron chi connectivity index (χ1n) is 4.34. The van der Waals surface area contributed by atoms with Crippen LogP contribution in [0.4, 0.5) is 0 Å². The third kappa shape index (κ3) is 1.58. The van der Waals surface area contributed by atoms with Gasteiger partial charge >= 0.3 is 0 Å². The maximum Gasteiger partial charge on any atom is 0.0749 e. The first kappa shape index (κ1) is 9.75. The summed E-state index contributed by atoms with van der Waals surface area (Å²) in [6.45, 7) is 0. The summed E-state index contributed by atoms with van der Waals surface area (Å²) in [7, 11) is 0. The molecule has 0 spiro atoms. The highest BCUT2D eigenvalue weighted by Gasteiger charge is 2.04. The highest BCUT2D eigenvalue weighted by Crippen LogP contribution is 2.23. The minimum Gasteiger partial charge on any atom is -0.256 e. The van der Waals surface area contributed by atoms with Crippen molar-refractivity contribution in [2.45, 2.75) is 11.8 Å². The van der Waals surface area contributed by atoms with Gasteiger partial charge in [0.15, 0.2) is 0 Å². The molecule has 0 aliphatic heterocycles. The summed E-state index contributed by atoms with van der Waals surface area (Å²) < 4.78 is 0. The van der Waals surface area contributed by atoms with Crippen LogP contribution in [-0.4, -0.2) is 4.98 Å². The number of hydrogen-bond acceptors (Lipinski definition) is 1. The molecule has 0 fully saturated rings. The molecule has 2 rings (SSSR count). The van der Waals surface area contributed by atoms with Gasteiger partial charge in [-0.15, -0.1) is 23.2 Å². The number of halogens is 2. The fourth-order valence-electron chi connectivity index (χ4n) is 1.51. The molecular weight excluding hydrogens is 217 g/mol. The molecule has 0 amide bonds. The fourth-order valence-corrected chi connectivity index (χ4v) is 1.96. The largest absolute Gasteiger partial charge is 0.256 e. The Kier molecular flexibility index (Phi) is 2.90. The predicted molar refractivity (Wildman–Crippen MR) is 60.9 cm³/mol. The molecule has 1 aromatic carbocycles. The van der Waals surface area contributed by atoms with Gasteiger partial charge in [-0.3, -0.25) is 4.98 Å². The molecule has 0 atom stereocenters. The van der Waals surface area contributed by atoms with Gasteiger partial charge in [0.05, 0.1) is 5.52 Å². The molecule has 0 saturated carbocycles. The van der Waals surface area contributed by atoms with Gasteiger partial charge in [0, 0.05) is 23.3 Å². The molecular formula is C11H9Cl2N. The third-order valence-corrected chi connectivity index (χ3v) is 2.81. The van der Waals surface area contributed by atoms with E-state index >= 15 is 0 Å². The molecule has 3 heteroatoms. The lowest BCUT2D eigenvalue weighted by Crippen LogP contribution is -1.89. The van der Waals surface area contributed by atoms with Gasteiger partial charge in [0.25, 0.3) is 0 Å². The van der Waals surface area contributed by atoms with Crippen molar-refractivity contribution in [2.24, 2.45) is 0 Å². The molecule has 0 aliphatic carbocycles. The van der Waals surface area contributed by atoms with E-state index in [1.165, 1.54) is 0 Å². The zero-order valence-electron chi connectivity index (χ0n) is 7.50. The molecule has 72 valence electrons. The van der Waals surface area contributed by atoms with E-state index in [0.717, 1.165) is 22.0 Å². The number of fused-ring (bicyclic) bond motifs is 1. The van der Waals surface area contributed by atoms with Crippen molar-refractivity contribution in [3.8, 4) is 0 Å². The van der Waals surface area contributed by atoms with Crippen LogP contribution < -0.4 is 0 Å². The second-order valence-electron chi connectivity index (χ2n) is 3.05. The van der Waals surface area contributed by atoms with Gasteiger partial charge in [-0.05, 0) is 17.2 Å². The normalized spacial score (nSPS) is 10.7. The van der Waals surface area contributed by atoms with Crippen LogP contribution in [0.3, 0.4) is 0 Å². The van der Waals surface area contributed by atoms with Crippen LogP contribution in [0.2, 0.25) is 0 Å². The summed E-state index contributed by atoms with van der Waals surface area (Å²) in [4.78, 5) is 4.32. The van der Waals surface area contributed by atoms with Gasteiger partial charge in [-0.1, -0.05) is 18.2 Å². The minimum atomic E-state index is 0.482. The van der Waals surface area contributed by atoms with Crippen LogP contribution in [-0.2, 0) is 11.8 Å². The SMILES string of the molecule is ClCc1ccc(CCl)c2ncccc12. The molecule has 1 aromatic heterocycles. The summed E-state index contributed by atoms with van der Waals surface area (Å²) in [6.07, 6.45) is 1.77. The second-order valence-corrected chi connectivity index (χ2v) is 3.59. The molecule has 2 aromatic rings. The number of pyridine rings is 1. The molecule has 0 unspecified atom stereocenters. The lowest BCUT2D eigenvalue weighted by Gasteiger charge is -2.05. The number of aromatic nitrogens is 1. The monoisotopic (exact) mass is 225 g/mol. The molecule has 1 nitrogen and oxygen atoms in total. The Hall–Kier alpha value is -0.790. The third-order valence-electron chi connectivity index (χ3n) is 2.23. The molecule has 14 heavy (non-hydrogen) atoms. The molecule has 0 N–H and O–H groups in total. The van der Waals surface area contributed by atoms with Crippen LogP contribution >= 0.6 is 23.2 Å². The summed E-state index contributed by atoms with van der Waals surface area (Å²) in [6, 6.07) is 7.93. The van der Waals surface area contributed by atoms with E-state index in [1.807, 2.05) is 24.3 Å². The minimum absolute atomic E-state index is 0.482. The zero-order valence-corrected chi connectivity index (χ0v) is 9.02. The Morgan fingerprint density at radius 3 is 2.43 bits per heavy atom. The van der Waals surface area contributed by atoms with E-state index in [0.29, 0.717) is 11.8 Å². The predicted octanol–water partition coefficient (Wildman–Crippen LogP) is 3.71. The van der Waals surface area contributed by atoms with Crippen LogP contribution in [0.5, 0.6) is 0 Å². The number of alkyl halides is 2. The molecule has 0 saturated heterocycles. The van der Waals surface area contributed by atoms with Crippen molar-refractivity contribution >= 4 is 34.1 Å². The van der Waals surface area contributed by atoms with Gasteiger partial charge in [-0.25, -0.2) is 0 Å². The molecule has 0 bridgehead atoms. The average Bonchev–Trinajstić information content (AvgIpc) is 2.27. The summed E-state index contributed by atoms with van der Waals surface area (Å²) in [5, 5.41) is 1.10. The van der Waals surface area contributed by atoms with Crippen LogP contribution in [0.25, 0.3) is 10.9 Å². The molecule has 0 radical (unpaired) electrons. The number of benzene rings is 1. The number of hydrogen-bond donors (Lipinski definition) is 0. The number of rotatable bonds is 2. The Bertz CT molecular complexity index is 411. The second kappa shape index (κ2) is 4.16. The summed E-state index contributed by atoms with van der Waals surface area (Å²) >= 11 is 11.7. The van der Waals surface area contributed by atoms with Gasteiger partial charge in [0.2, 0.25) is 0 Å². The standard InChI is InChI=1S/C11H9Cl2N/c12-6-8-3-4-9(7-13)11-10(8)2-1-5-14-11/h1-5H,6-7H2. The first-order chi connectivity index (χ1) is 6.86. The quantitative estimate of drug-likeness (QED) is 0.711. The van der Waals surface area contributed by atoms with Gasteiger partial charge in [0.1, 0.15) is 0 Å². The average molecular weight is 226 g/mol. The van der Waals surface area contributed by atoms with Crippen molar-refractivity contribution in [3.05, 3.63) is 41.6 Å². The van der Waals surface area contributed by atoms with E-state index in [-0.39, 0.29) is 0 Å². The van der Waals surface area contributed by atoms with E-state index in [9.17, 15) is 0 Å². The van der Waals surface area contributed by atoms with Crippen molar-refractivity contribution in [2.75, 3.05) is 0 Å². The Morgan fingerprint density at radius 2 is 1.71 bits per heavy atom. The Morgan fingerprint density at radius 1 is 1.00 bits per heavy atom. The molecule has 1 heterocycles. The highest BCUT2D eigenvalue weighted by molar-refractivity contribution is 6.19. The van der Waals surface area contributed by atoms with Crippen molar-refractivity contribution in [1.82, 2.24) is 4.98 Å². The summed E-state index contributed by atoms with van der Waals surface area (Å²) in [5.74, 6) is 0.987. The Balaban J connectivity index is 2.78. The van der Waals surface area contributed by atoms with Gasteiger partial charge < -0.3 is 0 Å². The topological polar surface area (TPSA) is 12.9 Å². The number of nitrogens with zero attached hydrogens (tertiary/aromatic N) is 1. The van der Waals surface area contributed by atoms with E-state index in [4.69, 9.17) is 23.2 Å². The van der Waals surface area contributed by atoms with Crippen LogP contribution in [0.1, 0.15) is 11.1 Å².